The lowest BCUT2D eigenvalue weighted by Gasteiger charge is -2.18. The van der Waals surface area contributed by atoms with Gasteiger partial charge in [-0.3, -0.25) is 9.59 Å². The molecule has 5 nitrogen and oxygen atoms in total. The van der Waals surface area contributed by atoms with Crippen LogP contribution in [0.15, 0.2) is 97.2 Å². The SMILES string of the molecule is CC/C=C\C/C=C\C/C=C\C/C=C\C/C=C\CCCCCC(=O)OCC(COCCCCCCCC)OC(=O)CCCCCCC/C=C\C/C=C\C/C=C\CC. The maximum atomic E-state index is 12.7. The molecule has 0 bridgehead atoms. The van der Waals surface area contributed by atoms with Gasteiger partial charge in [-0.25, -0.2) is 0 Å². The molecule has 56 heavy (non-hydrogen) atoms. The molecule has 318 valence electrons. The van der Waals surface area contributed by atoms with E-state index in [2.05, 4.69) is 118 Å². The number of allylic oxidation sites excluding steroid dienone is 16. The van der Waals surface area contributed by atoms with Crippen LogP contribution in [0.3, 0.4) is 0 Å². The Morgan fingerprint density at radius 1 is 0.411 bits per heavy atom. The minimum Gasteiger partial charge on any atom is -0.462 e. The zero-order valence-corrected chi connectivity index (χ0v) is 36.4. The molecule has 0 saturated heterocycles. The summed E-state index contributed by atoms with van der Waals surface area (Å²) in [5, 5.41) is 0. The minimum atomic E-state index is -0.559. The van der Waals surface area contributed by atoms with E-state index in [-0.39, 0.29) is 25.2 Å². The van der Waals surface area contributed by atoms with Gasteiger partial charge in [0.15, 0.2) is 6.10 Å². The molecule has 0 spiro atoms. The Morgan fingerprint density at radius 2 is 0.804 bits per heavy atom. The molecule has 0 rings (SSSR count). The quantitative estimate of drug-likeness (QED) is 0.0352. The van der Waals surface area contributed by atoms with Gasteiger partial charge in [0.05, 0.1) is 6.61 Å². The molecule has 0 heterocycles. The first-order valence-electron chi connectivity index (χ1n) is 22.8. The third-order valence-electron chi connectivity index (χ3n) is 9.12. The molecular weight excluding hydrogens is 693 g/mol. The van der Waals surface area contributed by atoms with Crippen LogP contribution < -0.4 is 0 Å². The van der Waals surface area contributed by atoms with Crippen molar-refractivity contribution in [1.82, 2.24) is 0 Å². The highest BCUT2D eigenvalue weighted by molar-refractivity contribution is 5.70. The van der Waals surface area contributed by atoms with Gasteiger partial charge in [-0.05, 0) is 96.3 Å². The van der Waals surface area contributed by atoms with E-state index in [4.69, 9.17) is 14.2 Å². The molecule has 0 amide bonds. The monoisotopic (exact) mass is 777 g/mol. The summed E-state index contributed by atoms with van der Waals surface area (Å²) in [6, 6.07) is 0. The maximum absolute atomic E-state index is 12.7. The topological polar surface area (TPSA) is 61.8 Å². The number of unbranched alkanes of at least 4 members (excludes halogenated alkanes) is 13. The van der Waals surface area contributed by atoms with Gasteiger partial charge in [0.1, 0.15) is 6.61 Å². The molecule has 0 N–H and O–H groups in total. The summed E-state index contributed by atoms with van der Waals surface area (Å²) in [5.74, 6) is -0.464. The number of esters is 2. The van der Waals surface area contributed by atoms with Crippen LogP contribution in [0, 0.1) is 0 Å². The zero-order valence-electron chi connectivity index (χ0n) is 36.4. The second-order valence-electron chi connectivity index (χ2n) is 14.5. The van der Waals surface area contributed by atoms with Crippen molar-refractivity contribution < 1.29 is 23.8 Å². The summed E-state index contributed by atoms with van der Waals surface area (Å²) in [6.07, 6.45) is 61.3. The van der Waals surface area contributed by atoms with Crippen LogP contribution in [0.25, 0.3) is 0 Å². The lowest BCUT2D eigenvalue weighted by atomic mass is 10.1. The Kier molecular flexibility index (Phi) is 43.6. The predicted molar refractivity (Wildman–Crippen MR) is 242 cm³/mol. The van der Waals surface area contributed by atoms with Crippen LogP contribution in [0.1, 0.15) is 188 Å². The van der Waals surface area contributed by atoms with Crippen LogP contribution in [-0.4, -0.2) is 37.9 Å². The van der Waals surface area contributed by atoms with Crippen molar-refractivity contribution in [1.29, 1.82) is 0 Å². The summed E-state index contributed by atoms with van der Waals surface area (Å²) in [6.45, 7) is 7.49. The average molecular weight is 777 g/mol. The number of rotatable bonds is 40. The number of ether oxygens (including phenoxy) is 3. The first-order chi connectivity index (χ1) is 27.6. The molecule has 0 aromatic rings. The lowest BCUT2D eigenvalue weighted by Crippen LogP contribution is -2.30. The predicted octanol–water partition coefficient (Wildman–Crippen LogP) is 15.1. The molecule has 0 saturated carbocycles. The molecule has 5 heteroatoms. The Hall–Kier alpha value is -3.18. The summed E-state index contributed by atoms with van der Waals surface area (Å²) in [5.41, 5.74) is 0. The molecule has 1 atom stereocenters. The minimum absolute atomic E-state index is 0.0559. The largest absolute Gasteiger partial charge is 0.462 e. The van der Waals surface area contributed by atoms with Crippen molar-refractivity contribution in [3.63, 3.8) is 0 Å². The molecule has 0 aromatic heterocycles. The summed E-state index contributed by atoms with van der Waals surface area (Å²) < 4.78 is 17.2. The van der Waals surface area contributed by atoms with Crippen molar-refractivity contribution in [2.24, 2.45) is 0 Å². The Bertz CT molecular complexity index is 1110. The summed E-state index contributed by atoms with van der Waals surface area (Å²) in [4.78, 5) is 25.2. The third-order valence-corrected chi connectivity index (χ3v) is 9.12. The summed E-state index contributed by atoms with van der Waals surface area (Å²) >= 11 is 0. The standard InChI is InChI=1S/C51H84O5/c1-4-7-10-13-16-18-20-22-24-25-26-27-29-30-32-34-36-38-41-44-50(52)55-48-49(47-54-46-43-40-15-12-9-6-3)56-51(53)45-42-39-37-35-33-31-28-23-21-19-17-14-11-8-5-2/h7-8,10-11,16-19,22-24,26-28,30,32,49H,4-6,9,12-15,20-21,25,29,31,33-48H2,1-3H3/b10-7-,11-8-,18-16-,19-17-,24-22-,27-26-,28-23-,32-30-. The highest BCUT2D eigenvalue weighted by Gasteiger charge is 2.17. The number of carbonyl (C=O) groups is 2. The highest BCUT2D eigenvalue weighted by atomic mass is 16.6. The number of carbonyl (C=O) groups excluding carboxylic acids is 2. The molecule has 0 aliphatic rings. The van der Waals surface area contributed by atoms with Crippen molar-refractivity contribution in [2.45, 2.75) is 194 Å². The third kappa shape index (κ3) is 43.5. The van der Waals surface area contributed by atoms with E-state index < -0.39 is 6.10 Å². The van der Waals surface area contributed by atoms with E-state index in [1.807, 2.05) is 0 Å². The molecule has 0 aliphatic heterocycles. The molecule has 1 unspecified atom stereocenters. The second kappa shape index (κ2) is 46.2. The molecule has 0 aromatic carbocycles. The van der Waals surface area contributed by atoms with Crippen molar-refractivity contribution in [3.8, 4) is 0 Å². The lowest BCUT2D eigenvalue weighted by molar-refractivity contribution is -0.163. The van der Waals surface area contributed by atoms with Gasteiger partial charge in [-0.1, -0.05) is 176 Å². The second-order valence-corrected chi connectivity index (χ2v) is 14.5. The maximum Gasteiger partial charge on any atom is 0.306 e. The van der Waals surface area contributed by atoms with E-state index in [0.29, 0.717) is 19.4 Å². The van der Waals surface area contributed by atoms with Gasteiger partial charge in [0.2, 0.25) is 0 Å². The smallest absolute Gasteiger partial charge is 0.306 e. The van der Waals surface area contributed by atoms with Crippen LogP contribution in [0.4, 0.5) is 0 Å². The Balaban J connectivity index is 4.23. The van der Waals surface area contributed by atoms with Gasteiger partial charge in [0.25, 0.3) is 0 Å². The number of hydrogen-bond acceptors (Lipinski definition) is 5. The van der Waals surface area contributed by atoms with E-state index in [1.165, 1.54) is 38.5 Å². The van der Waals surface area contributed by atoms with Gasteiger partial charge in [-0.15, -0.1) is 0 Å². The van der Waals surface area contributed by atoms with E-state index in [1.54, 1.807) is 0 Å². The van der Waals surface area contributed by atoms with Crippen LogP contribution in [0.5, 0.6) is 0 Å². The Labute approximate surface area is 345 Å². The first kappa shape index (κ1) is 52.8. The fourth-order valence-electron chi connectivity index (χ4n) is 5.78. The van der Waals surface area contributed by atoms with Crippen LogP contribution in [0.2, 0.25) is 0 Å². The van der Waals surface area contributed by atoms with E-state index in [9.17, 15) is 9.59 Å². The molecular formula is C51H84O5. The van der Waals surface area contributed by atoms with Crippen molar-refractivity contribution in [3.05, 3.63) is 97.2 Å². The van der Waals surface area contributed by atoms with Crippen LogP contribution in [-0.2, 0) is 23.8 Å². The highest BCUT2D eigenvalue weighted by Crippen LogP contribution is 2.11. The molecule has 0 radical (unpaired) electrons. The summed E-state index contributed by atoms with van der Waals surface area (Å²) in [7, 11) is 0. The normalized spacial score (nSPS) is 13.1. The van der Waals surface area contributed by atoms with Gasteiger partial charge in [0, 0.05) is 19.4 Å². The Morgan fingerprint density at radius 3 is 1.30 bits per heavy atom. The fourth-order valence-corrected chi connectivity index (χ4v) is 5.78. The molecule has 0 fully saturated rings. The van der Waals surface area contributed by atoms with E-state index in [0.717, 1.165) is 116 Å². The number of hydrogen-bond donors (Lipinski definition) is 0. The van der Waals surface area contributed by atoms with Gasteiger partial charge in [-0.2, -0.15) is 0 Å². The first-order valence-corrected chi connectivity index (χ1v) is 22.8. The zero-order chi connectivity index (χ0) is 40.7. The fraction of sp³-hybridized carbons (Fsp3) is 0.647. The molecule has 0 aliphatic carbocycles. The van der Waals surface area contributed by atoms with Crippen molar-refractivity contribution in [2.75, 3.05) is 19.8 Å². The van der Waals surface area contributed by atoms with Gasteiger partial charge >= 0.3 is 11.9 Å². The van der Waals surface area contributed by atoms with Gasteiger partial charge < -0.3 is 14.2 Å². The van der Waals surface area contributed by atoms with Crippen LogP contribution >= 0.6 is 0 Å². The average Bonchev–Trinajstić information content (AvgIpc) is 3.20. The van der Waals surface area contributed by atoms with E-state index >= 15 is 0 Å². The van der Waals surface area contributed by atoms with Crippen molar-refractivity contribution >= 4 is 11.9 Å².